The third-order valence-electron chi connectivity index (χ3n) is 4.60. The lowest BCUT2D eigenvalue weighted by Crippen LogP contribution is -2.50. The zero-order valence-corrected chi connectivity index (χ0v) is 14.2. The maximum Gasteiger partial charge on any atom is 0.251 e. The highest BCUT2D eigenvalue weighted by atomic mass is 19.1. The minimum absolute atomic E-state index is 0.0776. The van der Waals surface area contributed by atoms with Crippen LogP contribution in [0, 0.1) is 11.7 Å². The minimum atomic E-state index is -0.578. The summed E-state index contributed by atoms with van der Waals surface area (Å²) in [5.41, 5.74) is 0.750. The van der Waals surface area contributed by atoms with Crippen molar-refractivity contribution in [2.24, 2.45) is 5.92 Å². The Bertz CT molecular complexity index is 760. The Morgan fingerprint density at radius 2 is 2.04 bits per heavy atom. The minimum Gasteiger partial charge on any atom is -0.489 e. The van der Waals surface area contributed by atoms with Gasteiger partial charge >= 0.3 is 0 Å². The number of amides is 1. The van der Waals surface area contributed by atoms with E-state index >= 15 is 0 Å². The molecule has 1 atom stereocenters. The number of carbonyl (C=O) groups is 1. The number of nitrogens with one attached hydrogen (secondary N) is 1. The van der Waals surface area contributed by atoms with Crippen molar-refractivity contribution in [3.05, 3.63) is 65.5 Å². The number of hydrogen-bond acceptors (Lipinski definition) is 3. The maximum atomic E-state index is 13.2. The average Bonchev–Trinajstić information content (AvgIpc) is 3.46. The molecular formula is C20H22FNO3. The molecule has 5 heteroatoms. The van der Waals surface area contributed by atoms with Gasteiger partial charge in [-0.3, -0.25) is 4.79 Å². The first-order chi connectivity index (χ1) is 12.0. The number of aliphatic hydroxyl groups excluding tert-OH is 1. The first-order valence-electron chi connectivity index (χ1n) is 8.41. The van der Waals surface area contributed by atoms with E-state index < -0.39 is 5.54 Å². The normalized spacial score (nSPS) is 16.1. The maximum absolute atomic E-state index is 13.2. The topological polar surface area (TPSA) is 58.6 Å². The van der Waals surface area contributed by atoms with E-state index in [-0.39, 0.29) is 24.9 Å². The Morgan fingerprint density at radius 1 is 1.28 bits per heavy atom. The van der Waals surface area contributed by atoms with Gasteiger partial charge in [-0.1, -0.05) is 18.2 Å². The first-order valence-corrected chi connectivity index (χ1v) is 8.41. The van der Waals surface area contributed by atoms with E-state index in [9.17, 15) is 14.3 Å². The molecule has 1 unspecified atom stereocenters. The SMILES string of the molecule is CC(CO)(NC(=O)c1cccc(COc2cccc(F)c2)c1)C1CC1. The van der Waals surface area contributed by atoms with Crippen LogP contribution < -0.4 is 10.1 Å². The van der Waals surface area contributed by atoms with Crippen LogP contribution in [0.25, 0.3) is 0 Å². The Morgan fingerprint density at radius 3 is 2.72 bits per heavy atom. The molecule has 2 aromatic rings. The Kier molecular flexibility index (Phi) is 5.04. The van der Waals surface area contributed by atoms with Gasteiger partial charge in [0.15, 0.2) is 0 Å². The molecule has 0 radical (unpaired) electrons. The number of rotatable bonds is 7. The standard InChI is InChI=1S/C20H22FNO3/c1-20(13-23,16-8-9-16)22-19(24)15-5-2-4-14(10-15)12-25-18-7-3-6-17(21)11-18/h2-7,10-11,16,23H,8-9,12-13H2,1H3,(H,22,24). The lowest BCUT2D eigenvalue weighted by Gasteiger charge is -2.28. The van der Waals surface area contributed by atoms with E-state index in [1.54, 1.807) is 30.3 Å². The Hall–Kier alpha value is -2.40. The van der Waals surface area contributed by atoms with Crippen molar-refractivity contribution in [3.8, 4) is 5.75 Å². The van der Waals surface area contributed by atoms with Crippen LogP contribution >= 0.6 is 0 Å². The Balaban J connectivity index is 1.65. The summed E-state index contributed by atoms with van der Waals surface area (Å²) < 4.78 is 18.7. The molecule has 132 valence electrons. The molecule has 3 rings (SSSR count). The van der Waals surface area contributed by atoms with Gasteiger partial charge in [-0.15, -0.1) is 0 Å². The van der Waals surface area contributed by atoms with E-state index in [4.69, 9.17) is 4.74 Å². The molecule has 2 aromatic carbocycles. The summed E-state index contributed by atoms with van der Waals surface area (Å²) in [6.45, 7) is 2.04. The van der Waals surface area contributed by atoms with Crippen LogP contribution in [0.2, 0.25) is 0 Å². The number of hydrogen-bond donors (Lipinski definition) is 2. The van der Waals surface area contributed by atoms with Crippen LogP contribution in [0.4, 0.5) is 4.39 Å². The van der Waals surface area contributed by atoms with Gasteiger partial charge in [-0.05, 0) is 55.5 Å². The molecule has 4 nitrogen and oxygen atoms in total. The number of benzene rings is 2. The summed E-state index contributed by atoms with van der Waals surface area (Å²) in [4.78, 5) is 12.5. The molecule has 0 heterocycles. The smallest absolute Gasteiger partial charge is 0.251 e. The zero-order chi connectivity index (χ0) is 17.9. The third kappa shape index (κ3) is 4.37. The number of halogens is 1. The fourth-order valence-corrected chi connectivity index (χ4v) is 2.85. The summed E-state index contributed by atoms with van der Waals surface area (Å²) in [6, 6.07) is 13.1. The van der Waals surface area contributed by atoms with Gasteiger partial charge in [0.2, 0.25) is 0 Å². The fraction of sp³-hybridized carbons (Fsp3) is 0.350. The second-order valence-electron chi connectivity index (χ2n) is 6.75. The van der Waals surface area contributed by atoms with Crippen molar-refractivity contribution >= 4 is 5.91 Å². The van der Waals surface area contributed by atoms with E-state index in [2.05, 4.69) is 5.32 Å². The molecule has 1 saturated carbocycles. The zero-order valence-electron chi connectivity index (χ0n) is 14.2. The highest BCUT2D eigenvalue weighted by Gasteiger charge is 2.42. The van der Waals surface area contributed by atoms with Crippen LogP contribution in [0.5, 0.6) is 5.75 Å². The molecule has 2 N–H and O–H groups in total. The average molecular weight is 343 g/mol. The van der Waals surface area contributed by atoms with Crippen LogP contribution in [0.15, 0.2) is 48.5 Å². The summed E-state index contributed by atoms with van der Waals surface area (Å²) in [5, 5.41) is 12.6. The molecule has 25 heavy (non-hydrogen) atoms. The van der Waals surface area contributed by atoms with Crippen molar-refractivity contribution in [3.63, 3.8) is 0 Å². The second-order valence-corrected chi connectivity index (χ2v) is 6.75. The molecule has 1 aliphatic rings. The third-order valence-corrected chi connectivity index (χ3v) is 4.60. The predicted molar refractivity (Wildman–Crippen MR) is 92.9 cm³/mol. The van der Waals surface area contributed by atoms with E-state index in [0.717, 1.165) is 18.4 Å². The summed E-state index contributed by atoms with van der Waals surface area (Å²) in [5.74, 6) is 0.211. The van der Waals surface area contributed by atoms with Gasteiger partial charge < -0.3 is 15.2 Å². The quantitative estimate of drug-likeness (QED) is 0.811. The van der Waals surface area contributed by atoms with Gasteiger partial charge in [0.05, 0.1) is 12.1 Å². The van der Waals surface area contributed by atoms with Crippen LogP contribution in [0.1, 0.15) is 35.7 Å². The van der Waals surface area contributed by atoms with Crippen molar-refractivity contribution in [1.29, 1.82) is 0 Å². The summed E-state index contributed by atoms with van der Waals surface area (Å²) >= 11 is 0. The number of aliphatic hydroxyl groups is 1. The van der Waals surface area contributed by atoms with Crippen LogP contribution in [-0.4, -0.2) is 23.2 Å². The highest BCUT2D eigenvalue weighted by molar-refractivity contribution is 5.94. The van der Waals surface area contributed by atoms with Crippen molar-refractivity contribution in [2.45, 2.75) is 31.9 Å². The summed E-state index contributed by atoms with van der Waals surface area (Å²) in [7, 11) is 0. The number of carbonyl (C=O) groups excluding carboxylic acids is 1. The largest absolute Gasteiger partial charge is 0.489 e. The van der Waals surface area contributed by atoms with Crippen molar-refractivity contribution < 1.29 is 19.0 Å². The van der Waals surface area contributed by atoms with Crippen molar-refractivity contribution in [1.82, 2.24) is 5.32 Å². The van der Waals surface area contributed by atoms with E-state index in [1.807, 2.05) is 13.0 Å². The molecular weight excluding hydrogens is 321 g/mol. The monoisotopic (exact) mass is 343 g/mol. The van der Waals surface area contributed by atoms with Gasteiger partial charge in [0, 0.05) is 11.6 Å². The fourth-order valence-electron chi connectivity index (χ4n) is 2.85. The van der Waals surface area contributed by atoms with Crippen LogP contribution in [0.3, 0.4) is 0 Å². The predicted octanol–water partition coefficient (Wildman–Crippen LogP) is 3.30. The van der Waals surface area contributed by atoms with Crippen LogP contribution in [-0.2, 0) is 6.61 Å². The van der Waals surface area contributed by atoms with Gasteiger partial charge in [0.1, 0.15) is 18.2 Å². The Labute approximate surface area is 146 Å². The second kappa shape index (κ2) is 7.23. The van der Waals surface area contributed by atoms with E-state index in [1.165, 1.54) is 12.1 Å². The molecule has 0 spiro atoms. The lowest BCUT2D eigenvalue weighted by atomic mass is 9.96. The first kappa shape index (κ1) is 17.4. The molecule has 1 aliphatic carbocycles. The van der Waals surface area contributed by atoms with Gasteiger partial charge in [-0.2, -0.15) is 0 Å². The molecule has 0 aliphatic heterocycles. The number of ether oxygens (including phenoxy) is 1. The van der Waals surface area contributed by atoms with E-state index in [0.29, 0.717) is 17.2 Å². The van der Waals surface area contributed by atoms with Gasteiger partial charge in [-0.25, -0.2) is 4.39 Å². The highest BCUT2D eigenvalue weighted by Crippen LogP contribution is 2.39. The summed E-state index contributed by atoms with van der Waals surface area (Å²) in [6.07, 6.45) is 2.05. The molecule has 0 saturated heterocycles. The lowest BCUT2D eigenvalue weighted by molar-refractivity contribution is 0.0824. The van der Waals surface area contributed by atoms with Crippen molar-refractivity contribution in [2.75, 3.05) is 6.61 Å². The molecule has 0 bridgehead atoms. The molecule has 1 amide bonds. The molecule has 0 aromatic heterocycles. The molecule has 1 fully saturated rings. The van der Waals surface area contributed by atoms with Gasteiger partial charge in [0.25, 0.3) is 5.91 Å².